The second-order valence-corrected chi connectivity index (χ2v) is 8.69. The van der Waals surface area contributed by atoms with Crippen LogP contribution < -0.4 is 15.4 Å². The lowest BCUT2D eigenvalue weighted by atomic mass is 9.86. The normalized spacial score (nSPS) is 12.0. The maximum atomic E-state index is 13.6. The third-order valence-corrected chi connectivity index (χ3v) is 4.56. The fourth-order valence-electron chi connectivity index (χ4n) is 3.14. The molecule has 170 valence electrons. The van der Waals surface area contributed by atoms with Gasteiger partial charge in [-0.2, -0.15) is 18.2 Å². The first-order valence-corrected chi connectivity index (χ1v) is 10.3. The molecule has 5 nitrogen and oxygen atoms in total. The average Bonchev–Trinajstić information content (AvgIpc) is 2.68. The number of hydrogen-bond acceptors (Lipinski definition) is 5. The zero-order valence-electron chi connectivity index (χ0n) is 18.7. The zero-order valence-corrected chi connectivity index (χ0v) is 18.7. The molecule has 3 aromatic rings. The summed E-state index contributed by atoms with van der Waals surface area (Å²) in [6.07, 6.45) is -3.78. The SMILES string of the molecule is CC(C)Oc1ccc(Nc2ncc(C(F)(F)F)c(Nc3ccccc3C(C)(C)C)n2)cc1. The van der Waals surface area contributed by atoms with E-state index in [0.29, 0.717) is 17.1 Å². The largest absolute Gasteiger partial charge is 0.491 e. The second-order valence-electron chi connectivity index (χ2n) is 8.69. The van der Waals surface area contributed by atoms with Crippen molar-refractivity contribution in [2.75, 3.05) is 10.6 Å². The van der Waals surface area contributed by atoms with Crippen molar-refractivity contribution in [3.05, 3.63) is 65.9 Å². The highest BCUT2D eigenvalue weighted by Gasteiger charge is 2.35. The number of rotatable bonds is 6. The molecule has 0 radical (unpaired) electrons. The Morgan fingerprint density at radius 2 is 1.53 bits per heavy atom. The van der Waals surface area contributed by atoms with Crippen LogP contribution in [0.3, 0.4) is 0 Å². The standard InChI is InChI=1S/C24H27F3N4O/c1-15(2)32-17-12-10-16(11-13-17)29-22-28-14-19(24(25,26)27)21(31-22)30-20-9-7-6-8-18(20)23(3,4)5/h6-15H,1-5H3,(H2,28,29,30,31). The molecule has 8 heteroatoms. The van der Waals surface area contributed by atoms with Crippen molar-refractivity contribution in [2.45, 2.75) is 52.3 Å². The topological polar surface area (TPSA) is 59.1 Å². The Hall–Kier alpha value is -3.29. The molecule has 0 unspecified atom stereocenters. The van der Waals surface area contributed by atoms with Crippen molar-refractivity contribution in [3.63, 3.8) is 0 Å². The van der Waals surface area contributed by atoms with E-state index >= 15 is 0 Å². The summed E-state index contributed by atoms with van der Waals surface area (Å²) in [4.78, 5) is 8.01. The van der Waals surface area contributed by atoms with E-state index in [4.69, 9.17) is 4.74 Å². The van der Waals surface area contributed by atoms with Crippen molar-refractivity contribution in [2.24, 2.45) is 0 Å². The molecule has 0 aliphatic rings. The van der Waals surface area contributed by atoms with Crippen LogP contribution in [0.5, 0.6) is 5.75 Å². The van der Waals surface area contributed by atoms with Crippen LogP contribution in [0.4, 0.5) is 36.3 Å². The van der Waals surface area contributed by atoms with Crippen LogP contribution in [0.25, 0.3) is 0 Å². The van der Waals surface area contributed by atoms with Gasteiger partial charge in [0, 0.05) is 17.6 Å². The van der Waals surface area contributed by atoms with E-state index in [2.05, 4.69) is 20.6 Å². The molecule has 3 rings (SSSR count). The molecule has 0 saturated heterocycles. The molecular weight excluding hydrogens is 417 g/mol. The predicted molar refractivity (Wildman–Crippen MR) is 121 cm³/mol. The molecule has 2 aromatic carbocycles. The van der Waals surface area contributed by atoms with E-state index < -0.39 is 11.7 Å². The summed E-state index contributed by atoms with van der Waals surface area (Å²) >= 11 is 0. The molecule has 32 heavy (non-hydrogen) atoms. The molecule has 0 atom stereocenters. The molecule has 0 fully saturated rings. The van der Waals surface area contributed by atoms with Gasteiger partial charge >= 0.3 is 6.18 Å². The summed E-state index contributed by atoms with van der Waals surface area (Å²) in [6, 6.07) is 14.3. The van der Waals surface area contributed by atoms with Crippen molar-refractivity contribution < 1.29 is 17.9 Å². The Balaban J connectivity index is 1.93. The molecule has 0 aliphatic carbocycles. The number of hydrogen-bond donors (Lipinski definition) is 2. The maximum Gasteiger partial charge on any atom is 0.421 e. The number of benzene rings is 2. The van der Waals surface area contributed by atoms with E-state index in [-0.39, 0.29) is 23.3 Å². The van der Waals surface area contributed by atoms with Crippen molar-refractivity contribution in [1.82, 2.24) is 9.97 Å². The van der Waals surface area contributed by atoms with E-state index in [1.807, 2.05) is 46.8 Å². The number of anilines is 4. The lowest BCUT2D eigenvalue weighted by Gasteiger charge is -2.24. The van der Waals surface area contributed by atoms with Crippen molar-refractivity contribution in [3.8, 4) is 5.75 Å². The van der Waals surface area contributed by atoms with Crippen LogP contribution in [0.2, 0.25) is 0 Å². The van der Waals surface area contributed by atoms with Gasteiger partial charge < -0.3 is 15.4 Å². The molecule has 0 bridgehead atoms. The van der Waals surface area contributed by atoms with Crippen molar-refractivity contribution in [1.29, 1.82) is 0 Å². The van der Waals surface area contributed by atoms with Gasteiger partial charge in [-0.3, -0.25) is 0 Å². The minimum Gasteiger partial charge on any atom is -0.491 e. The first kappa shape index (κ1) is 23.4. The van der Waals surface area contributed by atoms with Crippen molar-refractivity contribution >= 4 is 23.1 Å². The predicted octanol–water partition coefficient (Wildman–Crippen LogP) is 7.07. The lowest BCUT2D eigenvalue weighted by molar-refractivity contribution is -0.137. The highest BCUT2D eigenvalue weighted by molar-refractivity contribution is 5.66. The Bertz CT molecular complexity index is 1060. The van der Waals surface area contributed by atoms with Crippen LogP contribution in [-0.4, -0.2) is 16.1 Å². The lowest BCUT2D eigenvalue weighted by Crippen LogP contribution is -2.16. The first-order chi connectivity index (χ1) is 14.9. The average molecular weight is 445 g/mol. The molecule has 1 aromatic heterocycles. The maximum absolute atomic E-state index is 13.6. The molecular formula is C24H27F3N4O. The minimum atomic E-state index is -4.60. The second kappa shape index (κ2) is 9.06. The third-order valence-electron chi connectivity index (χ3n) is 4.56. The Morgan fingerprint density at radius 3 is 2.12 bits per heavy atom. The van der Waals surface area contributed by atoms with E-state index in [1.54, 1.807) is 36.4 Å². The van der Waals surface area contributed by atoms with Crippen LogP contribution in [0.15, 0.2) is 54.7 Å². The molecule has 0 spiro atoms. The number of ether oxygens (including phenoxy) is 1. The number of nitrogens with one attached hydrogen (secondary N) is 2. The highest BCUT2D eigenvalue weighted by Crippen LogP contribution is 2.37. The Labute approximate surface area is 186 Å². The monoisotopic (exact) mass is 444 g/mol. The Morgan fingerprint density at radius 1 is 0.875 bits per heavy atom. The van der Waals surface area contributed by atoms with E-state index in [1.165, 1.54) is 0 Å². The van der Waals surface area contributed by atoms with E-state index in [0.717, 1.165) is 11.8 Å². The summed E-state index contributed by atoms with van der Waals surface area (Å²) in [5.74, 6) is 0.428. The van der Waals surface area contributed by atoms with E-state index in [9.17, 15) is 13.2 Å². The minimum absolute atomic E-state index is 0.0386. The summed E-state index contributed by atoms with van der Waals surface area (Å²) in [5, 5.41) is 5.83. The Kier molecular flexibility index (Phi) is 6.62. The number of aromatic nitrogens is 2. The van der Waals surface area contributed by atoms with Gasteiger partial charge in [-0.1, -0.05) is 39.0 Å². The molecule has 2 N–H and O–H groups in total. The number of halogens is 3. The summed E-state index contributed by atoms with van der Waals surface area (Å²) in [6.45, 7) is 9.84. The van der Waals surface area contributed by atoms with Crippen LogP contribution in [0.1, 0.15) is 45.7 Å². The molecule has 0 amide bonds. The van der Waals surface area contributed by atoms with Crippen LogP contribution >= 0.6 is 0 Å². The van der Waals surface area contributed by atoms with Gasteiger partial charge in [-0.05, 0) is 55.2 Å². The summed E-state index contributed by atoms with van der Waals surface area (Å²) in [7, 11) is 0. The quantitative estimate of drug-likeness (QED) is 0.426. The zero-order chi connectivity index (χ0) is 23.5. The smallest absolute Gasteiger partial charge is 0.421 e. The fourth-order valence-corrected chi connectivity index (χ4v) is 3.14. The van der Waals surface area contributed by atoms with Gasteiger partial charge in [-0.25, -0.2) is 4.98 Å². The van der Waals surface area contributed by atoms with Crippen LogP contribution in [-0.2, 0) is 11.6 Å². The van der Waals surface area contributed by atoms with Gasteiger partial charge in [0.05, 0.1) is 6.10 Å². The van der Waals surface area contributed by atoms with Gasteiger partial charge in [0.1, 0.15) is 17.1 Å². The number of para-hydroxylation sites is 1. The van der Waals surface area contributed by atoms with Gasteiger partial charge in [-0.15, -0.1) is 0 Å². The number of alkyl halides is 3. The third kappa shape index (κ3) is 5.90. The summed E-state index contributed by atoms with van der Waals surface area (Å²) in [5.41, 5.74) is 0.859. The van der Waals surface area contributed by atoms with Gasteiger partial charge in [0.25, 0.3) is 0 Å². The highest BCUT2D eigenvalue weighted by atomic mass is 19.4. The molecule has 0 aliphatic heterocycles. The fraction of sp³-hybridized carbons (Fsp3) is 0.333. The summed E-state index contributed by atoms with van der Waals surface area (Å²) < 4.78 is 46.5. The van der Waals surface area contributed by atoms with Gasteiger partial charge in [0.2, 0.25) is 5.95 Å². The molecule has 1 heterocycles. The number of nitrogens with zero attached hydrogens (tertiary/aromatic N) is 2. The first-order valence-electron chi connectivity index (χ1n) is 10.3. The van der Waals surface area contributed by atoms with Crippen LogP contribution in [0, 0.1) is 0 Å². The van der Waals surface area contributed by atoms with Gasteiger partial charge in [0.15, 0.2) is 0 Å². The molecule has 0 saturated carbocycles.